The number of nitrogens with zero attached hydrogens (tertiary/aromatic N) is 1. The molecule has 0 saturated carbocycles. The van der Waals surface area contributed by atoms with Crippen molar-refractivity contribution in [2.45, 2.75) is 149 Å². The van der Waals surface area contributed by atoms with Gasteiger partial charge < -0.3 is 70.6 Å². The SMILES string of the molecule is CCNC(=O)[C@H](CCCN=C(N)N)NC(=O)[C@@H](NC(=O)[C@H](CCC(N)=O)NC(=O)[C@H](CO)NC(=O)[C@H](NC(=O)[C@@H](NC(=O)[C@H](CCC(N)=O)NC(C)=O)C(C)C)[C@H](C)CC)[C@@H](C)CC. The summed E-state index contributed by atoms with van der Waals surface area (Å²) in [6, 6.07) is -9.24. The Morgan fingerprint density at radius 2 is 0.906 bits per heavy atom. The summed E-state index contributed by atoms with van der Waals surface area (Å²) < 4.78 is 0. The number of aliphatic hydroxyl groups is 1. The number of hydrogen-bond donors (Lipinski definition) is 13. The van der Waals surface area contributed by atoms with Crippen LogP contribution in [0.2, 0.25) is 0 Å². The fraction of sp³-hybridized carbons (Fsp3) is 0.725. The number of likely N-dealkylation sites (N-methyl/N-ethyl adjacent to an activating group) is 1. The Bertz CT molecular complexity index is 1640. The van der Waals surface area contributed by atoms with E-state index >= 15 is 0 Å². The van der Waals surface area contributed by atoms with Crippen molar-refractivity contribution in [3.8, 4) is 0 Å². The molecule has 0 heterocycles. The van der Waals surface area contributed by atoms with Gasteiger partial charge in [-0.05, 0) is 50.4 Å². The second-order valence-corrected chi connectivity index (χ2v) is 15.9. The highest BCUT2D eigenvalue weighted by Crippen LogP contribution is 2.13. The Hall–Kier alpha value is -6.07. The van der Waals surface area contributed by atoms with Crippen molar-refractivity contribution >= 4 is 65.0 Å². The minimum atomic E-state index is -1.70. The van der Waals surface area contributed by atoms with E-state index in [2.05, 4.69) is 47.5 Å². The number of carbonyl (C=O) groups is 10. The predicted octanol–water partition coefficient (Wildman–Crippen LogP) is -4.14. The molecule has 0 spiro atoms. The molecule has 0 saturated heterocycles. The van der Waals surface area contributed by atoms with Crippen LogP contribution in [0, 0.1) is 17.8 Å². The monoisotopic (exact) mass is 912 g/mol. The largest absolute Gasteiger partial charge is 0.394 e. The van der Waals surface area contributed by atoms with Gasteiger partial charge in [0.05, 0.1) is 6.61 Å². The smallest absolute Gasteiger partial charge is 0.245 e. The quantitative estimate of drug-likeness (QED) is 0.0179. The third-order valence-electron chi connectivity index (χ3n) is 10.3. The summed E-state index contributed by atoms with van der Waals surface area (Å²) in [7, 11) is 0. The summed E-state index contributed by atoms with van der Waals surface area (Å²) in [6.07, 6.45) is 0.0914. The maximum atomic E-state index is 13.8. The highest BCUT2D eigenvalue weighted by atomic mass is 16.3. The first-order valence-electron chi connectivity index (χ1n) is 21.5. The average Bonchev–Trinajstić information content (AvgIpc) is 3.22. The molecular formula is C40H73N13O11. The summed E-state index contributed by atoms with van der Waals surface area (Å²) in [4.78, 5) is 134. The number of rotatable bonds is 31. The first-order chi connectivity index (χ1) is 29.9. The van der Waals surface area contributed by atoms with Crippen LogP contribution in [0.3, 0.4) is 0 Å². The van der Waals surface area contributed by atoms with E-state index in [9.17, 15) is 53.1 Å². The molecule has 0 unspecified atom stereocenters. The Balaban J connectivity index is 6.37. The molecule has 0 aromatic rings. The van der Waals surface area contributed by atoms with Crippen LogP contribution < -0.4 is 65.5 Å². The molecule has 0 aliphatic carbocycles. The van der Waals surface area contributed by atoms with Crippen LogP contribution in [-0.4, -0.2) is 132 Å². The van der Waals surface area contributed by atoms with Gasteiger partial charge in [0, 0.05) is 32.9 Å². The zero-order chi connectivity index (χ0) is 49.3. The molecule has 64 heavy (non-hydrogen) atoms. The lowest BCUT2D eigenvalue weighted by Gasteiger charge is -2.30. The molecule has 0 fully saturated rings. The van der Waals surface area contributed by atoms with Crippen molar-refractivity contribution < 1.29 is 53.1 Å². The zero-order valence-electron chi connectivity index (χ0n) is 38.3. The molecule has 0 aromatic carbocycles. The molecule has 10 amide bonds. The summed E-state index contributed by atoms with van der Waals surface area (Å²) in [5.41, 5.74) is 21.3. The number of aliphatic hydroxyl groups excluding tert-OH is 1. The van der Waals surface area contributed by atoms with Crippen LogP contribution in [0.1, 0.15) is 107 Å². The van der Waals surface area contributed by atoms with Gasteiger partial charge in [0.25, 0.3) is 0 Å². The standard InChI is InChI=1S/C40H73N13O11/c1-9-21(6)31(38(63)49-24(33(58)45-11-3)13-12-18-46-40(43)44)52-35(60)26(15-17-29(42)57)48-36(61)27(19-54)50-39(64)32(22(7)10-2)53-37(62)30(20(4)5)51-34(59)25(47-23(8)55)14-16-28(41)56/h20-22,24-27,30-32,54H,9-19H2,1-8H3,(H2,41,56)(H2,42,57)(H,45,58)(H,47,55)(H,48,61)(H,49,63)(H,50,64)(H,51,59)(H,52,60)(H,53,62)(H4,43,44,46)/t21-,22+,24-,25-,26-,27-,30-,31-,32+/m0/s1. The van der Waals surface area contributed by atoms with Gasteiger partial charge >= 0.3 is 0 Å². The van der Waals surface area contributed by atoms with E-state index in [0.29, 0.717) is 19.3 Å². The number of nitrogens with one attached hydrogen (secondary N) is 8. The van der Waals surface area contributed by atoms with E-state index in [-0.39, 0.29) is 44.7 Å². The Morgan fingerprint density at radius 1 is 0.516 bits per heavy atom. The normalized spacial score (nSPS) is 15.2. The second kappa shape index (κ2) is 30.1. The molecule has 24 nitrogen and oxygen atoms in total. The van der Waals surface area contributed by atoms with E-state index < -0.39 is 132 Å². The van der Waals surface area contributed by atoms with Gasteiger partial charge in [-0.3, -0.25) is 52.9 Å². The van der Waals surface area contributed by atoms with Crippen LogP contribution in [0.25, 0.3) is 0 Å². The lowest BCUT2D eigenvalue weighted by Crippen LogP contribution is -2.62. The van der Waals surface area contributed by atoms with Crippen LogP contribution >= 0.6 is 0 Å². The number of guanidine groups is 1. The van der Waals surface area contributed by atoms with E-state index in [1.807, 2.05) is 0 Å². The molecule has 0 aliphatic rings. The van der Waals surface area contributed by atoms with Gasteiger partial charge in [-0.25, -0.2) is 0 Å². The molecule has 0 bridgehead atoms. The average molecular weight is 912 g/mol. The third-order valence-corrected chi connectivity index (χ3v) is 10.3. The van der Waals surface area contributed by atoms with Crippen molar-refractivity contribution in [1.29, 1.82) is 0 Å². The Kier molecular flexibility index (Phi) is 27.2. The van der Waals surface area contributed by atoms with Crippen LogP contribution in [0.15, 0.2) is 4.99 Å². The minimum Gasteiger partial charge on any atom is -0.394 e. The third kappa shape index (κ3) is 21.8. The number of nitrogens with two attached hydrogens (primary N) is 4. The minimum absolute atomic E-state index is 0.140. The van der Waals surface area contributed by atoms with Crippen LogP contribution in [-0.2, 0) is 47.9 Å². The lowest BCUT2D eigenvalue weighted by molar-refractivity contribution is -0.137. The van der Waals surface area contributed by atoms with Gasteiger partial charge in [0.15, 0.2) is 5.96 Å². The van der Waals surface area contributed by atoms with E-state index in [0.717, 1.165) is 0 Å². The Morgan fingerprint density at radius 3 is 1.31 bits per heavy atom. The van der Waals surface area contributed by atoms with Crippen molar-refractivity contribution in [3.05, 3.63) is 0 Å². The lowest BCUT2D eigenvalue weighted by atomic mass is 9.96. The summed E-state index contributed by atoms with van der Waals surface area (Å²) in [5.74, 6) is -9.52. The fourth-order valence-corrected chi connectivity index (χ4v) is 6.10. The van der Waals surface area contributed by atoms with Gasteiger partial charge in [-0.15, -0.1) is 0 Å². The molecule has 24 heteroatoms. The predicted molar refractivity (Wildman–Crippen MR) is 235 cm³/mol. The van der Waals surface area contributed by atoms with E-state index in [4.69, 9.17) is 22.9 Å². The first kappa shape index (κ1) is 57.9. The highest BCUT2D eigenvalue weighted by Gasteiger charge is 2.36. The molecule has 0 radical (unpaired) electrons. The first-order valence-corrected chi connectivity index (χ1v) is 21.5. The number of primary amides is 2. The van der Waals surface area contributed by atoms with Crippen molar-refractivity contribution in [1.82, 2.24) is 42.5 Å². The topological polar surface area (TPSA) is 404 Å². The van der Waals surface area contributed by atoms with Gasteiger partial charge in [0.1, 0.15) is 42.3 Å². The zero-order valence-corrected chi connectivity index (χ0v) is 38.3. The fourth-order valence-electron chi connectivity index (χ4n) is 6.10. The van der Waals surface area contributed by atoms with Gasteiger partial charge in [-0.1, -0.05) is 54.4 Å². The van der Waals surface area contributed by atoms with Gasteiger partial charge in [0.2, 0.25) is 59.1 Å². The molecule has 0 rings (SSSR count). The number of carbonyl (C=O) groups excluding carboxylic acids is 10. The molecule has 364 valence electrons. The molecule has 0 aliphatic heterocycles. The molecule has 17 N–H and O–H groups in total. The summed E-state index contributed by atoms with van der Waals surface area (Å²) in [5, 5.41) is 30.6. The number of hydrogen-bond acceptors (Lipinski definition) is 12. The van der Waals surface area contributed by atoms with Gasteiger partial charge in [-0.2, -0.15) is 0 Å². The number of amides is 10. The van der Waals surface area contributed by atoms with Crippen molar-refractivity contribution in [2.75, 3.05) is 19.7 Å². The van der Waals surface area contributed by atoms with Crippen LogP contribution in [0.4, 0.5) is 0 Å². The van der Waals surface area contributed by atoms with Crippen molar-refractivity contribution in [2.24, 2.45) is 45.7 Å². The highest BCUT2D eigenvalue weighted by molar-refractivity contribution is 5.98. The summed E-state index contributed by atoms with van der Waals surface area (Å²) in [6.45, 7) is 12.4. The second-order valence-electron chi connectivity index (χ2n) is 15.9. The molecule has 9 atom stereocenters. The van der Waals surface area contributed by atoms with E-state index in [1.165, 1.54) is 6.92 Å². The maximum Gasteiger partial charge on any atom is 0.245 e. The van der Waals surface area contributed by atoms with E-state index in [1.54, 1.807) is 48.5 Å². The number of aliphatic imine (C=N–C) groups is 1. The molecular weight excluding hydrogens is 839 g/mol. The summed E-state index contributed by atoms with van der Waals surface area (Å²) >= 11 is 0. The Labute approximate surface area is 374 Å². The van der Waals surface area contributed by atoms with Crippen LogP contribution in [0.5, 0.6) is 0 Å². The maximum absolute atomic E-state index is 13.8. The van der Waals surface area contributed by atoms with Crippen molar-refractivity contribution in [3.63, 3.8) is 0 Å². The molecule has 0 aromatic heterocycles.